The molecule has 0 aromatic heterocycles. The van der Waals surface area contributed by atoms with Crippen LogP contribution in [0, 0.1) is 13.8 Å². The van der Waals surface area contributed by atoms with E-state index < -0.39 is 0 Å². The van der Waals surface area contributed by atoms with Gasteiger partial charge in [0.25, 0.3) is 0 Å². The van der Waals surface area contributed by atoms with Crippen LogP contribution in [0.3, 0.4) is 0 Å². The van der Waals surface area contributed by atoms with E-state index in [2.05, 4.69) is 0 Å². The molecule has 0 amide bonds. The normalized spacial score (nSPS) is 10.8. The lowest BCUT2D eigenvalue weighted by Crippen LogP contribution is -2.08. The van der Waals surface area contributed by atoms with Gasteiger partial charge in [-0.1, -0.05) is 18.2 Å². The lowest BCUT2D eigenvalue weighted by molar-refractivity contribution is 0.0511. The van der Waals surface area contributed by atoms with Gasteiger partial charge < -0.3 is 23.7 Å². The molecule has 6 heteroatoms. The largest absolute Gasteiger partial charge is 0.496 e. The summed E-state index contributed by atoms with van der Waals surface area (Å²) in [6.07, 6.45) is 3.23. The van der Waals surface area contributed by atoms with Gasteiger partial charge in [0.2, 0.25) is 0 Å². The van der Waals surface area contributed by atoms with Gasteiger partial charge in [-0.25, -0.2) is 0 Å². The van der Waals surface area contributed by atoms with Crippen LogP contribution in [-0.4, -0.2) is 41.0 Å². The molecule has 28 heavy (non-hydrogen) atoms. The van der Waals surface area contributed by atoms with Gasteiger partial charge in [0, 0.05) is 18.2 Å². The van der Waals surface area contributed by atoms with Crippen molar-refractivity contribution < 1.29 is 28.5 Å². The zero-order chi connectivity index (χ0) is 20.7. The molecule has 0 unspecified atom stereocenters. The number of ether oxygens (including phenoxy) is 5. The highest BCUT2D eigenvalue weighted by atomic mass is 16.7. The summed E-state index contributed by atoms with van der Waals surface area (Å²) in [6, 6.07) is 7.33. The highest BCUT2D eigenvalue weighted by Crippen LogP contribution is 2.43. The monoisotopic (exact) mass is 386 g/mol. The molecule has 150 valence electrons. The molecule has 0 saturated carbocycles. The molecule has 0 aliphatic carbocycles. The van der Waals surface area contributed by atoms with Crippen LogP contribution < -0.4 is 18.9 Å². The van der Waals surface area contributed by atoms with Gasteiger partial charge in [0.1, 0.15) is 28.6 Å². The average Bonchev–Trinajstić information content (AvgIpc) is 2.71. The Morgan fingerprint density at radius 1 is 0.857 bits per heavy atom. The lowest BCUT2D eigenvalue weighted by atomic mass is 9.98. The van der Waals surface area contributed by atoms with Crippen molar-refractivity contribution >= 4 is 11.9 Å². The van der Waals surface area contributed by atoms with E-state index in [1.165, 1.54) is 20.3 Å². The third-order valence-corrected chi connectivity index (χ3v) is 4.33. The van der Waals surface area contributed by atoms with Crippen molar-refractivity contribution in [2.24, 2.45) is 0 Å². The Kier molecular flexibility index (Phi) is 7.46. The third kappa shape index (κ3) is 4.46. The van der Waals surface area contributed by atoms with Crippen LogP contribution in [0.2, 0.25) is 0 Å². The quantitative estimate of drug-likeness (QED) is 0.365. The maximum Gasteiger partial charge on any atom is 0.193 e. The number of carbonyl (C=O) groups excluding carboxylic acids is 1. The number of hydrogen-bond acceptors (Lipinski definition) is 6. The zero-order valence-electron chi connectivity index (χ0n) is 17.1. The van der Waals surface area contributed by atoms with Crippen LogP contribution in [0.1, 0.15) is 27.0 Å². The first-order chi connectivity index (χ1) is 13.5. The Morgan fingerprint density at radius 3 is 1.86 bits per heavy atom. The van der Waals surface area contributed by atoms with E-state index in [-0.39, 0.29) is 12.6 Å². The van der Waals surface area contributed by atoms with E-state index in [0.717, 1.165) is 16.7 Å². The number of ketones is 1. The Bertz CT molecular complexity index is 821. The van der Waals surface area contributed by atoms with Crippen LogP contribution in [0.4, 0.5) is 0 Å². The van der Waals surface area contributed by atoms with E-state index >= 15 is 0 Å². The van der Waals surface area contributed by atoms with Crippen LogP contribution in [-0.2, 0) is 4.74 Å². The number of rotatable bonds is 9. The minimum atomic E-state index is -0.220. The number of carbonyl (C=O) groups is 1. The fourth-order valence-electron chi connectivity index (χ4n) is 3.06. The smallest absolute Gasteiger partial charge is 0.193 e. The molecule has 2 rings (SSSR count). The minimum absolute atomic E-state index is 0.184. The SMILES string of the molecule is COCOc1ccc(C=CC(=O)c2c(OC)c(C)c(OC)c(C)c2OC)cc1. The van der Waals surface area contributed by atoms with Crippen LogP contribution in [0.15, 0.2) is 30.3 Å². The maximum atomic E-state index is 13.0. The van der Waals surface area contributed by atoms with Gasteiger partial charge in [0.15, 0.2) is 12.6 Å². The first-order valence-corrected chi connectivity index (χ1v) is 8.71. The minimum Gasteiger partial charge on any atom is -0.496 e. The zero-order valence-corrected chi connectivity index (χ0v) is 17.1. The van der Waals surface area contributed by atoms with E-state index in [1.54, 1.807) is 20.3 Å². The molecule has 0 atom stereocenters. The summed E-state index contributed by atoms with van der Waals surface area (Å²) in [4.78, 5) is 13.0. The molecule has 2 aromatic rings. The molecule has 0 aliphatic heterocycles. The first-order valence-electron chi connectivity index (χ1n) is 8.71. The summed E-state index contributed by atoms with van der Waals surface area (Å²) in [5, 5.41) is 0. The summed E-state index contributed by atoms with van der Waals surface area (Å²) < 4.78 is 26.7. The van der Waals surface area contributed by atoms with Crippen molar-refractivity contribution in [1.29, 1.82) is 0 Å². The molecule has 0 bridgehead atoms. The Balaban J connectivity index is 2.37. The number of allylic oxidation sites excluding steroid dienone is 1. The third-order valence-electron chi connectivity index (χ3n) is 4.33. The van der Waals surface area contributed by atoms with Gasteiger partial charge in [-0.05, 0) is 37.6 Å². The van der Waals surface area contributed by atoms with E-state index in [4.69, 9.17) is 23.7 Å². The summed E-state index contributed by atoms with van der Waals surface area (Å²) in [5.74, 6) is 1.99. The van der Waals surface area contributed by atoms with Gasteiger partial charge in [-0.2, -0.15) is 0 Å². The van der Waals surface area contributed by atoms with Crippen molar-refractivity contribution in [3.8, 4) is 23.0 Å². The van der Waals surface area contributed by atoms with E-state index in [1.807, 2.05) is 38.1 Å². The predicted molar refractivity (Wildman–Crippen MR) is 108 cm³/mol. The molecule has 6 nitrogen and oxygen atoms in total. The molecular formula is C22H26O6. The highest BCUT2D eigenvalue weighted by molar-refractivity contribution is 6.11. The molecule has 0 fully saturated rings. The van der Waals surface area contributed by atoms with Gasteiger partial charge in [-0.15, -0.1) is 0 Å². The van der Waals surface area contributed by atoms with Gasteiger partial charge in [0.05, 0.1) is 21.3 Å². The molecular weight excluding hydrogens is 360 g/mol. The van der Waals surface area contributed by atoms with Gasteiger partial charge in [-0.3, -0.25) is 4.79 Å². The summed E-state index contributed by atoms with van der Waals surface area (Å²) in [7, 11) is 6.19. The fourth-order valence-corrected chi connectivity index (χ4v) is 3.06. The molecule has 2 aromatic carbocycles. The van der Waals surface area contributed by atoms with Crippen molar-refractivity contribution in [3.05, 3.63) is 52.6 Å². The second-order valence-electron chi connectivity index (χ2n) is 6.04. The topological polar surface area (TPSA) is 63.2 Å². The fraction of sp³-hybridized carbons (Fsp3) is 0.318. The molecule has 0 heterocycles. The first kappa shape index (κ1) is 21.3. The number of benzene rings is 2. The van der Waals surface area contributed by atoms with Crippen LogP contribution in [0.5, 0.6) is 23.0 Å². The summed E-state index contributed by atoms with van der Waals surface area (Å²) >= 11 is 0. The Morgan fingerprint density at radius 2 is 1.39 bits per heavy atom. The average molecular weight is 386 g/mol. The standard InChI is InChI=1S/C22H26O6/c1-14-20(25-4)15(2)22(27-6)19(21(14)26-5)18(23)12-9-16-7-10-17(11-8-16)28-13-24-3/h7-12H,13H2,1-6H3. The van der Waals surface area contributed by atoms with E-state index in [0.29, 0.717) is 28.6 Å². The Hall–Kier alpha value is -2.99. The molecule has 0 radical (unpaired) electrons. The van der Waals surface area contributed by atoms with Crippen molar-refractivity contribution in [2.75, 3.05) is 35.2 Å². The van der Waals surface area contributed by atoms with Crippen molar-refractivity contribution in [1.82, 2.24) is 0 Å². The second kappa shape index (κ2) is 9.80. The van der Waals surface area contributed by atoms with Crippen LogP contribution in [0.25, 0.3) is 6.08 Å². The second-order valence-corrected chi connectivity index (χ2v) is 6.04. The molecule has 0 saturated heterocycles. The molecule has 0 N–H and O–H groups in total. The van der Waals surface area contributed by atoms with Crippen molar-refractivity contribution in [3.63, 3.8) is 0 Å². The number of methoxy groups -OCH3 is 4. The highest BCUT2D eigenvalue weighted by Gasteiger charge is 2.25. The molecule has 0 aliphatic rings. The lowest BCUT2D eigenvalue weighted by Gasteiger charge is -2.19. The molecule has 0 spiro atoms. The van der Waals surface area contributed by atoms with Crippen molar-refractivity contribution in [2.45, 2.75) is 13.8 Å². The number of hydrogen-bond donors (Lipinski definition) is 0. The summed E-state index contributed by atoms with van der Waals surface area (Å²) in [6.45, 7) is 3.89. The Labute approximate surface area is 165 Å². The van der Waals surface area contributed by atoms with Crippen LogP contribution >= 0.6 is 0 Å². The maximum absolute atomic E-state index is 13.0. The predicted octanol–water partition coefficient (Wildman–Crippen LogP) is 4.21. The summed E-state index contributed by atoms with van der Waals surface area (Å²) in [5.41, 5.74) is 2.73. The van der Waals surface area contributed by atoms with Gasteiger partial charge >= 0.3 is 0 Å². The van der Waals surface area contributed by atoms with E-state index in [9.17, 15) is 4.79 Å².